The lowest BCUT2D eigenvalue weighted by molar-refractivity contribution is -0.121. The van der Waals surface area contributed by atoms with E-state index in [0.717, 1.165) is 36.0 Å². The molecule has 0 saturated heterocycles. The Morgan fingerprint density at radius 2 is 2.16 bits per heavy atom. The zero-order valence-electron chi connectivity index (χ0n) is 11.3. The molecule has 0 aliphatic carbocycles. The summed E-state index contributed by atoms with van der Waals surface area (Å²) in [5.41, 5.74) is 0.868. The maximum Gasteiger partial charge on any atom is 0.242 e. The largest absolute Gasteiger partial charge is 0.374 e. The Labute approximate surface area is 128 Å². The number of amides is 1. The number of rotatable bonds is 7. The summed E-state index contributed by atoms with van der Waals surface area (Å²) in [5.74, 6) is 0.0159. The minimum absolute atomic E-state index is 0.0159. The molecule has 0 aliphatic heterocycles. The van der Waals surface area contributed by atoms with E-state index < -0.39 is 0 Å². The molecule has 2 N–H and O–H groups in total. The number of unbranched alkanes of at least 4 members (excludes halogenated alkanes) is 2. The molecule has 3 nitrogen and oxygen atoms in total. The van der Waals surface area contributed by atoms with Gasteiger partial charge in [0.1, 0.15) is 6.04 Å². The van der Waals surface area contributed by atoms with Gasteiger partial charge in [0.05, 0.1) is 5.02 Å². The zero-order chi connectivity index (χ0) is 14.3. The highest BCUT2D eigenvalue weighted by molar-refractivity contribution is 9.10. The molecule has 1 unspecified atom stereocenters. The number of carbonyl (C=O) groups is 1. The van der Waals surface area contributed by atoms with Crippen LogP contribution in [0, 0.1) is 0 Å². The van der Waals surface area contributed by atoms with Gasteiger partial charge in [-0.3, -0.25) is 4.79 Å². The fourth-order valence-corrected chi connectivity index (χ4v) is 2.14. The Hall–Kier alpha value is -0.740. The first-order valence-electron chi connectivity index (χ1n) is 6.54. The summed E-state index contributed by atoms with van der Waals surface area (Å²) in [6, 6.07) is 5.24. The monoisotopic (exact) mass is 346 g/mol. The summed E-state index contributed by atoms with van der Waals surface area (Å²) in [6.07, 6.45) is 3.33. The third-order valence-electron chi connectivity index (χ3n) is 2.78. The van der Waals surface area contributed by atoms with E-state index in [1.54, 1.807) is 6.07 Å². The van der Waals surface area contributed by atoms with Gasteiger partial charge < -0.3 is 10.6 Å². The summed E-state index contributed by atoms with van der Waals surface area (Å²) in [6.45, 7) is 4.73. The van der Waals surface area contributed by atoms with Gasteiger partial charge in [0, 0.05) is 16.7 Å². The second-order valence-corrected chi connectivity index (χ2v) is 5.75. The van der Waals surface area contributed by atoms with E-state index >= 15 is 0 Å². The maximum absolute atomic E-state index is 11.9. The van der Waals surface area contributed by atoms with Crippen molar-refractivity contribution < 1.29 is 4.79 Å². The highest BCUT2D eigenvalue weighted by Gasteiger charge is 2.12. The molecule has 1 atom stereocenters. The summed E-state index contributed by atoms with van der Waals surface area (Å²) in [5, 5.41) is 6.73. The molecule has 1 aromatic carbocycles. The van der Waals surface area contributed by atoms with Crippen LogP contribution in [0.1, 0.15) is 33.1 Å². The van der Waals surface area contributed by atoms with Crippen LogP contribution in [0.5, 0.6) is 0 Å². The van der Waals surface area contributed by atoms with Crippen LogP contribution in [0.15, 0.2) is 22.7 Å². The van der Waals surface area contributed by atoms with Crippen LogP contribution >= 0.6 is 27.5 Å². The van der Waals surface area contributed by atoms with Gasteiger partial charge in [-0.1, -0.05) is 31.4 Å². The number of hydrogen-bond donors (Lipinski definition) is 2. The Balaban J connectivity index is 2.42. The lowest BCUT2D eigenvalue weighted by atomic mass is 10.2. The van der Waals surface area contributed by atoms with E-state index in [0.29, 0.717) is 5.02 Å². The molecule has 0 heterocycles. The average molecular weight is 348 g/mol. The minimum atomic E-state index is -0.269. The lowest BCUT2D eigenvalue weighted by Crippen LogP contribution is -2.38. The van der Waals surface area contributed by atoms with Crippen molar-refractivity contribution >= 4 is 39.1 Å². The van der Waals surface area contributed by atoms with Gasteiger partial charge in [0.2, 0.25) is 5.91 Å². The molecule has 0 spiro atoms. The molecule has 0 fully saturated rings. The average Bonchev–Trinajstić information content (AvgIpc) is 2.38. The van der Waals surface area contributed by atoms with E-state index in [-0.39, 0.29) is 11.9 Å². The summed E-state index contributed by atoms with van der Waals surface area (Å²) < 4.78 is 0.815. The van der Waals surface area contributed by atoms with E-state index in [4.69, 9.17) is 11.6 Å². The summed E-state index contributed by atoms with van der Waals surface area (Å²) >= 11 is 9.28. The van der Waals surface area contributed by atoms with Crippen molar-refractivity contribution in [1.82, 2.24) is 5.32 Å². The van der Waals surface area contributed by atoms with E-state index in [2.05, 4.69) is 33.5 Å². The topological polar surface area (TPSA) is 41.1 Å². The van der Waals surface area contributed by atoms with Crippen molar-refractivity contribution in [3.63, 3.8) is 0 Å². The van der Waals surface area contributed by atoms with E-state index in [1.807, 2.05) is 19.1 Å². The normalized spacial score (nSPS) is 12.0. The number of benzene rings is 1. The molecule has 19 heavy (non-hydrogen) atoms. The number of anilines is 1. The van der Waals surface area contributed by atoms with Crippen LogP contribution in [0.2, 0.25) is 5.02 Å². The number of hydrogen-bond acceptors (Lipinski definition) is 2. The SMILES string of the molecule is CCCCCNC(=O)C(C)Nc1ccc(Cl)c(Br)c1. The first-order chi connectivity index (χ1) is 9.04. The highest BCUT2D eigenvalue weighted by atomic mass is 79.9. The van der Waals surface area contributed by atoms with E-state index in [9.17, 15) is 4.79 Å². The van der Waals surface area contributed by atoms with Gasteiger partial charge in [-0.25, -0.2) is 0 Å². The van der Waals surface area contributed by atoms with Crippen LogP contribution in [0.4, 0.5) is 5.69 Å². The van der Waals surface area contributed by atoms with Gasteiger partial charge >= 0.3 is 0 Å². The maximum atomic E-state index is 11.9. The van der Waals surface area contributed by atoms with Crippen LogP contribution in [-0.4, -0.2) is 18.5 Å². The van der Waals surface area contributed by atoms with Gasteiger partial charge in [0.15, 0.2) is 0 Å². The van der Waals surface area contributed by atoms with Gasteiger partial charge in [-0.05, 0) is 47.5 Å². The first kappa shape index (κ1) is 16.3. The molecule has 0 bridgehead atoms. The molecular weight excluding hydrogens is 328 g/mol. The fraction of sp³-hybridized carbons (Fsp3) is 0.500. The van der Waals surface area contributed by atoms with E-state index in [1.165, 1.54) is 0 Å². The van der Waals surface area contributed by atoms with Crippen LogP contribution in [0.25, 0.3) is 0 Å². The Bertz CT molecular complexity index is 426. The molecule has 0 aliphatic rings. The summed E-state index contributed by atoms with van der Waals surface area (Å²) in [4.78, 5) is 11.9. The quantitative estimate of drug-likeness (QED) is 0.725. The lowest BCUT2D eigenvalue weighted by Gasteiger charge is -2.15. The third kappa shape index (κ3) is 5.83. The predicted molar refractivity (Wildman–Crippen MR) is 84.8 cm³/mol. The number of nitrogens with one attached hydrogen (secondary N) is 2. The molecule has 1 amide bonds. The Morgan fingerprint density at radius 1 is 1.42 bits per heavy atom. The predicted octanol–water partition coefficient (Wildman–Crippen LogP) is 4.21. The second kappa shape index (κ2) is 8.43. The van der Waals surface area contributed by atoms with Gasteiger partial charge in [0.25, 0.3) is 0 Å². The van der Waals surface area contributed by atoms with Crippen molar-refractivity contribution in [2.24, 2.45) is 0 Å². The minimum Gasteiger partial charge on any atom is -0.374 e. The number of carbonyl (C=O) groups excluding carboxylic acids is 1. The van der Waals surface area contributed by atoms with Crippen LogP contribution in [-0.2, 0) is 4.79 Å². The van der Waals surface area contributed by atoms with Crippen molar-refractivity contribution in [1.29, 1.82) is 0 Å². The molecule has 1 aromatic rings. The molecule has 0 radical (unpaired) electrons. The zero-order valence-corrected chi connectivity index (χ0v) is 13.6. The standard InChI is InChI=1S/C14H20BrClN2O/c1-3-4-5-8-17-14(19)10(2)18-11-6-7-13(16)12(15)9-11/h6-7,9-10,18H,3-5,8H2,1-2H3,(H,17,19). The first-order valence-corrected chi connectivity index (χ1v) is 7.71. The van der Waals surface area contributed by atoms with Crippen molar-refractivity contribution in [3.8, 4) is 0 Å². The van der Waals surface area contributed by atoms with Crippen LogP contribution < -0.4 is 10.6 Å². The Kier molecular flexibility index (Phi) is 7.24. The van der Waals surface area contributed by atoms with Crippen LogP contribution in [0.3, 0.4) is 0 Å². The summed E-state index contributed by atoms with van der Waals surface area (Å²) in [7, 11) is 0. The van der Waals surface area contributed by atoms with Crippen molar-refractivity contribution in [2.75, 3.05) is 11.9 Å². The van der Waals surface area contributed by atoms with Gasteiger partial charge in [-0.15, -0.1) is 0 Å². The molecule has 0 saturated carbocycles. The highest BCUT2D eigenvalue weighted by Crippen LogP contribution is 2.25. The molecule has 0 aromatic heterocycles. The van der Waals surface area contributed by atoms with Crippen molar-refractivity contribution in [2.45, 2.75) is 39.2 Å². The second-order valence-electron chi connectivity index (χ2n) is 4.49. The number of halogens is 2. The fourth-order valence-electron chi connectivity index (χ4n) is 1.64. The molecule has 5 heteroatoms. The smallest absolute Gasteiger partial charge is 0.242 e. The molecule has 106 valence electrons. The molecule has 1 rings (SSSR count). The third-order valence-corrected chi connectivity index (χ3v) is 3.99. The van der Waals surface area contributed by atoms with Gasteiger partial charge in [-0.2, -0.15) is 0 Å². The van der Waals surface area contributed by atoms with Crippen molar-refractivity contribution in [3.05, 3.63) is 27.7 Å². The molecular formula is C14H20BrClN2O. The Morgan fingerprint density at radius 3 is 2.79 bits per heavy atom.